The van der Waals surface area contributed by atoms with Gasteiger partial charge in [0.2, 0.25) is 0 Å². The van der Waals surface area contributed by atoms with Crippen LogP contribution in [0.15, 0.2) is 109 Å². The van der Waals surface area contributed by atoms with Crippen LogP contribution >= 0.6 is 0 Å². The Morgan fingerprint density at radius 2 is 0.980 bits per heavy atom. The molecule has 7 rings (SSSR count). The third-order valence-corrected chi connectivity index (χ3v) is 10.1. The molecule has 6 nitrogen and oxygen atoms in total. The van der Waals surface area contributed by atoms with Crippen LogP contribution in [0.1, 0.15) is 103 Å². The molecule has 0 unspecified atom stereocenters. The summed E-state index contributed by atoms with van der Waals surface area (Å²) in [5.74, 6) is -1.04. The number of rotatable bonds is 8. The first-order chi connectivity index (χ1) is 23.7. The molecule has 0 radical (unpaired) electrons. The van der Waals surface area contributed by atoms with Crippen molar-refractivity contribution < 1.29 is 29.4 Å². The zero-order valence-corrected chi connectivity index (χ0v) is 28.5. The first kappa shape index (κ1) is 33.2. The fourth-order valence-electron chi connectivity index (χ4n) is 7.64. The lowest BCUT2D eigenvalue weighted by Gasteiger charge is -2.41. The number of fused-ring (bicyclic) bond motifs is 5. The smallest absolute Gasteiger partial charge is 0.194 e. The molecule has 0 spiro atoms. The predicted octanol–water partition coefficient (Wildman–Crippen LogP) is 7.32. The monoisotopic (exact) mass is 662 g/mol. The van der Waals surface area contributed by atoms with Gasteiger partial charge in [0.15, 0.2) is 23.1 Å². The zero-order valence-electron chi connectivity index (χ0n) is 28.5. The van der Waals surface area contributed by atoms with E-state index in [1.165, 1.54) is 27.7 Å². The Bertz CT molecular complexity index is 2140. The highest BCUT2D eigenvalue weighted by Crippen LogP contribution is 2.48. The van der Waals surface area contributed by atoms with Crippen molar-refractivity contribution in [3.05, 3.63) is 165 Å². The van der Waals surface area contributed by atoms with Crippen LogP contribution in [0.5, 0.6) is 0 Å². The zero-order chi connectivity index (χ0) is 35.6. The van der Waals surface area contributed by atoms with Gasteiger partial charge >= 0.3 is 0 Å². The molecular formula is C44H38O6. The van der Waals surface area contributed by atoms with Crippen molar-refractivity contribution in [2.75, 3.05) is 0 Å². The molecule has 0 heterocycles. The summed E-state index contributed by atoms with van der Waals surface area (Å²) in [6.07, 6.45) is 1.72. The molecule has 2 aliphatic rings. The highest BCUT2D eigenvalue weighted by molar-refractivity contribution is 6.28. The summed E-state index contributed by atoms with van der Waals surface area (Å²) in [5, 5.41) is 20.6. The predicted molar refractivity (Wildman–Crippen MR) is 192 cm³/mol. The Labute approximate surface area is 291 Å². The quantitative estimate of drug-likeness (QED) is 0.166. The van der Waals surface area contributed by atoms with Crippen molar-refractivity contribution in [1.29, 1.82) is 0 Å². The number of carbonyl (C=O) groups is 4. The van der Waals surface area contributed by atoms with E-state index >= 15 is 0 Å². The minimum Gasteiger partial charge on any atom is -0.382 e. The van der Waals surface area contributed by atoms with Gasteiger partial charge in [0.25, 0.3) is 0 Å². The summed E-state index contributed by atoms with van der Waals surface area (Å²) < 4.78 is 0. The minimum absolute atomic E-state index is 0.159. The van der Waals surface area contributed by atoms with E-state index in [0.717, 1.165) is 33.4 Å². The molecular weight excluding hydrogens is 624 g/mol. The number of aliphatic hydroxyl groups is 2. The summed E-state index contributed by atoms with van der Waals surface area (Å²) in [6.45, 7) is 5.91. The van der Waals surface area contributed by atoms with Gasteiger partial charge < -0.3 is 10.2 Å². The Hall–Kier alpha value is -5.30. The molecule has 6 heteroatoms. The fourth-order valence-corrected chi connectivity index (χ4v) is 7.64. The Kier molecular flexibility index (Phi) is 7.93. The SMILES string of the molecule is CC(C)(O)C(=O)c1ccc(CC2(Cc3ccc(C(=O)C(C)(C)O)cc3)Cc3cc4c(cc3-c3ccccc32)C(=O)c2ccccc2C4=O)cc1. The molecule has 0 aliphatic heterocycles. The number of Topliss-reactive ketones (excluding diaryl/α,β-unsaturated/α-hetero) is 2. The van der Waals surface area contributed by atoms with Crippen molar-refractivity contribution in [2.24, 2.45) is 0 Å². The third-order valence-electron chi connectivity index (χ3n) is 10.1. The summed E-state index contributed by atoms with van der Waals surface area (Å²) in [5.41, 5.74) is 4.92. The maximum atomic E-state index is 13.8. The van der Waals surface area contributed by atoms with Gasteiger partial charge in [-0.2, -0.15) is 0 Å². The first-order valence-corrected chi connectivity index (χ1v) is 16.8. The summed E-state index contributed by atoms with van der Waals surface area (Å²) in [7, 11) is 0. The average molecular weight is 663 g/mol. The molecule has 250 valence electrons. The number of carbonyl (C=O) groups excluding carboxylic acids is 4. The number of hydrogen-bond acceptors (Lipinski definition) is 6. The number of benzene rings is 5. The van der Waals surface area contributed by atoms with Crippen LogP contribution in [0.2, 0.25) is 0 Å². The first-order valence-electron chi connectivity index (χ1n) is 16.8. The topological polar surface area (TPSA) is 109 Å². The van der Waals surface area contributed by atoms with Crippen LogP contribution in [-0.4, -0.2) is 44.5 Å². The maximum absolute atomic E-state index is 13.8. The molecule has 2 N–H and O–H groups in total. The van der Waals surface area contributed by atoms with Crippen molar-refractivity contribution in [3.8, 4) is 11.1 Å². The highest BCUT2D eigenvalue weighted by atomic mass is 16.3. The van der Waals surface area contributed by atoms with E-state index in [9.17, 15) is 29.4 Å². The molecule has 0 saturated carbocycles. The van der Waals surface area contributed by atoms with Crippen LogP contribution in [0.3, 0.4) is 0 Å². The van der Waals surface area contributed by atoms with Crippen molar-refractivity contribution in [1.82, 2.24) is 0 Å². The van der Waals surface area contributed by atoms with Crippen LogP contribution in [0.4, 0.5) is 0 Å². The molecule has 0 saturated heterocycles. The largest absolute Gasteiger partial charge is 0.382 e. The normalized spacial score (nSPS) is 14.7. The van der Waals surface area contributed by atoms with Gasteiger partial charge in [-0.25, -0.2) is 0 Å². The second-order valence-electron chi connectivity index (χ2n) is 14.8. The Balaban J connectivity index is 1.36. The van der Waals surface area contributed by atoms with Crippen LogP contribution in [0.25, 0.3) is 11.1 Å². The Morgan fingerprint density at radius 1 is 0.560 bits per heavy atom. The van der Waals surface area contributed by atoms with Gasteiger partial charge in [-0.15, -0.1) is 0 Å². The van der Waals surface area contributed by atoms with Gasteiger partial charge in [0.05, 0.1) is 0 Å². The molecule has 0 bridgehead atoms. The summed E-state index contributed by atoms with van der Waals surface area (Å²) in [4.78, 5) is 53.1. The van der Waals surface area contributed by atoms with Gasteiger partial charge in [-0.05, 0) is 92.5 Å². The van der Waals surface area contributed by atoms with Crippen LogP contribution in [-0.2, 0) is 24.7 Å². The van der Waals surface area contributed by atoms with Gasteiger partial charge in [0, 0.05) is 38.8 Å². The molecule has 5 aromatic carbocycles. The van der Waals surface area contributed by atoms with Gasteiger partial charge in [-0.3, -0.25) is 19.2 Å². The molecule has 0 atom stereocenters. The van der Waals surface area contributed by atoms with Crippen LogP contribution in [0, 0.1) is 0 Å². The second-order valence-corrected chi connectivity index (χ2v) is 14.8. The van der Waals surface area contributed by atoms with E-state index in [1.807, 2.05) is 48.5 Å². The highest BCUT2D eigenvalue weighted by Gasteiger charge is 2.41. The average Bonchev–Trinajstić information content (AvgIpc) is 3.09. The molecule has 5 aromatic rings. The van der Waals surface area contributed by atoms with Crippen molar-refractivity contribution in [3.63, 3.8) is 0 Å². The van der Waals surface area contributed by atoms with Crippen LogP contribution < -0.4 is 0 Å². The lowest BCUT2D eigenvalue weighted by molar-refractivity contribution is 0.0487. The lowest BCUT2D eigenvalue weighted by atomic mass is 9.61. The maximum Gasteiger partial charge on any atom is 0.194 e. The van der Waals surface area contributed by atoms with Gasteiger partial charge in [-0.1, -0.05) is 97.1 Å². The second kappa shape index (κ2) is 11.9. The molecule has 2 aliphatic carbocycles. The molecule has 50 heavy (non-hydrogen) atoms. The fraction of sp³-hybridized carbons (Fsp3) is 0.227. The van der Waals surface area contributed by atoms with E-state index in [0.29, 0.717) is 52.6 Å². The Morgan fingerprint density at radius 3 is 1.44 bits per heavy atom. The van der Waals surface area contributed by atoms with E-state index in [1.54, 1.807) is 48.5 Å². The van der Waals surface area contributed by atoms with E-state index in [2.05, 4.69) is 12.1 Å². The molecule has 0 amide bonds. The van der Waals surface area contributed by atoms with E-state index in [-0.39, 0.29) is 23.1 Å². The standard InChI is InChI=1S/C44H38O6/c1-42(2,49)40(47)28-17-13-26(14-18-28)23-44(24-27-15-19-29(20-16-27)41(48)43(3,4)50)25-30-21-35-36(22-34(30)31-9-7-8-12-37(31)44)39(46)33-11-6-5-10-32(33)38(35)45/h5-22,49-50H,23-25H2,1-4H3. The molecule has 0 aromatic heterocycles. The lowest BCUT2D eigenvalue weighted by Crippen LogP contribution is -2.38. The molecule has 0 fully saturated rings. The number of hydrogen-bond donors (Lipinski definition) is 2. The minimum atomic E-state index is -1.49. The van der Waals surface area contributed by atoms with E-state index in [4.69, 9.17) is 0 Å². The summed E-state index contributed by atoms with van der Waals surface area (Å²) >= 11 is 0. The number of ketones is 4. The van der Waals surface area contributed by atoms with Crippen molar-refractivity contribution >= 4 is 23.1 Å². The van der Waals surface area contributed by atoms with Gasteiger partial charge in [0.1, 0.15) is 11.2 Å². The van der Waals surface area contributed by atoms with E-state index < -0.39 is 16.6 Å². The third kappa shape index (κ3) is 5.74. The van der Waals surface area contributed by atoms with Crippen molar-refractivity contribution in [2.45, 2.75) is 63.6 Å². The summed E-state index contributed by atoms with van der Waals surface area (Å²) in [6, 6.07) is 33.6.